The van der Waals surface area contributed by atoms with Gasteiger partial charge in [-0.3, -0.25) is 34.4 Å². The minimum Gasteiger partial charge on any atom is -0.384 e. The number of nitrogens with zero attached hydrogens (tertiary/aromatic N) is 2. The molecule has 1 unspecified atom stereocenters. The highest BCUT2D eigenvalue weighted by atomic mass is 32.1. The van der Waals surface area contributed by atoms with Crippen molar-refractivity contribution in [3.63, 3.8) is 0 Å². The number of carbonyl (C=O) groups is 4. The van der Waals surface area contributed by atoms with Crippen molar-refractivity contribution in [2.24, 2.45) is 4.99 Å². The Bertz CT molecular complexity index is 2090. The summed E-state index contributed by atoms with van der Waals surface area (Å²) in [6.45, 7) is 18.4. The van der Waals surface area contributed by atoms with Gasteiger partial charge in [0.05, 0.1) is 28.6 Å². The van der Waals surface area contributed by atoms with Gasteiger partial charge in [-0.15, -0.1) is 17.1 Å². The third-order valence-corrected chi connectivity index (χ3v) is 11.2. The Morgan fingerprint density at radius 3 is 2.39 bits per heavy atom. The number of nitrogens with one attached hydrogen (secondary N) is 5. The van der Waals surface area contributed by atoms with E-state index in [1.165, 1.54) is 10.4 Å². The first-order valence-corrected chi connectivity index (χ1v) is 20.3. The number of aliphatic imine (C=N–C) groups is 1. The summed E-state index contributed by atoms with van der Waals surface area (Å²) in [4.78, 5) is 59.0. The molecule has 2 aromatic carbocycles. The lowest BCUT2D eigenvalue weighted by Crippen LogP contribution is -2.42. The highest BCUT2D eigenvalue weighted by molar-refractivity contribution is 7.12. The highest BCUT2D eigenvalue weighted by Gasteiger charge is 2.39. The van der Waals surface area contributed by atoms with Crippen molar-refractivity contribution in [1.82, 2.24) is 15.5 Å². The van der Waals surface area contributed by atoms with Crippen LogP contribution in [0.2, 0.25) is 0 Å². The second-order valence-electron chi connectivity index (χ2n) is 13.7. The van der Waals surface area contributed by atoms with Gasteiger partial charge in [0.1, 0.15) is 6.54 Å². The van der Waals surface area contributed by atoms with Crippen molar-refractivity contribution >= 4 is 57.8 Å². The summed E-state index contributed by atoms with van der Waals surface area (Å²) in [6, 6.07) is 12.9. The Morgan fingerprint density at radius 1 is 1.04 bits per heavy atom. The van der Waals surface area contributed by atoms with Gasteiger partial charge in [-0.1, -0.05) is 64.6 Å². The molecule has 3 heterocycles. The molecule has 0 radical (unpaired) electrons. The largest absolute Gasteiger partial charge is 0.384 e. The smallest absolute Gasteiger partial charge is 0.264 e. The molecular formula is C44H61N7O4S. The van der Waals surface area contributed by atoms with Gasteiger partial charge in [0.2, 0.25) is 11.8 Å². The maximum absolute atomic E-state index is 13.3. The molecule has 11 nitrogen and oxygen atoms in total. The molecule has 4 amide bonds. The van der Waals surface area contributed by atoms with Gasteiger partial charge in [0.15, 0.2) is 0 Å². The number of amides is 4. The van der Waals surface area contributed by atoms with Crippen molar-refractivity contribution in [2.45, 2.75) is 99.0 Å². The summed E-state index contributed by atoms with van der Waals surface area (Å²) >= 11 is 1.70. The zero-order valence-corrected chi connectivity index (χ0v) is 34.5. The van der Waals surface area contributed by atoms with Crippen molar-refractivity contribution in [2.75, 3.05) is 25.0 Å². The van der Waals surface area contributed by atoms with E-state index in [1.807, 2.05) is 27.7 Å². The molecular weight excluding hydrogens is 723 g/mol. The number of benzene rings is 2. The molecule has 0 fully saturated rings. The molecule has 56 heavy (non-hydrogen) atoms. The number of rotatable bonds is 15. The Balaban J connectivity index is 0.00000343. The topological polar surface area (TPSA) is 168 Å². The minimum absolute atomic E-state index is 0. The minimum atomic E-state index is -0.706. The molecule has 3 aromatic rings. The molecule has 302 valence electrons. The first-order valence-electron chi connectivity index (χ1n) is 19.5. The predicted octanol–water partition coefficient (Wildman–Crippen LogP) is 8.63. The molecule has 5 rings (SSSR count). The average Bonchev–Trinajstić information content (AvgIpc) is 3.60. The molecule has 0 saturated carbocycles. The van der Waals surface area contributed by atoms with Crippen LogP contribution in [0.15, 0.2) is 65.5 Å². The van der Waals surface area contributed by atoms with Crippen molar-refractivity contribution in [3.8, 4) is 0 Å². The van der Waals surface area contributed by atoms with Gasteiger partial charge in [-0.2, -0.15) is 0 Å². The number of imide groups is 2. The number of hydrogen-bond donors (Lipinski definition) is 5. The number of aryl methyl sites for hydroxylation is 2. The third-order valence-electron chi connectivity index (χ3n) is 9.91. The van der Waals surface area contributed by atoms with Crippen LogP contribution in [0, 0.1) is 24.7 Å². The normalized spacial score (nSPS) is 15.9. The molecule has 2 atom stereocenters. The maximum atomic E-state index is 13.3. The van der Waals surface area contributed by atoms with E-state index < -0.39 is 36.2 Å². The lowest BCUT2D eigenvalue weighted by molar-refractivity contribution is -0.130. The Hall–Kier alpha value is -5.45. The van der Waals surface area contributed by atoms with E-state index in [9.17, 15) is 24.6 Å². The summed E-state index contributed by atoms with van der Waals surface area (Å²) in [5, 5.41) is 26.8. The van der Waals surface area contributed by atoms with E-state index in [2.05, 4.69) is 73.3 Å². The van der Waals surface area contributed by atoms with Crippen LogP contribution in [-0.2, 0) is 16.0 Å². The average molecular weight is 784 g/mol. The molecule has 2 aliphatic heterocycles. The van der Waals surface area contributed by atoms with Crippen LogP contribution in [0.3, 0.4) is 0 Å². The number of thiophene rings is 1. The molecule has 12 heteroatoms. The fraction of sp³-hybridized carbons (Fsp3) is 0.409. The molecule has 2 aliphatic rings. The Labute approximate surface area is 339 Å². The van der Waals surface area contributed by atoms with E-state index >= 15 is 0 Å². The van der Waals surface area contributed by atoms with Crippen molar-refractivity contribution in [3.05, 3.63) is 104 Å². The summed E-state index contributed by atoms with van der Waals surface area (Å²) < 4.78 is 0. The molecule has 1 aromatic heterocycles. The van der Waals surface area contributed by atoms with E-state index in [1.54, 1.807) is 29.5 Å². The molecule has 0 bridgehead atoms. The quantitative estimate of drug-likeness (QED) is 0.0448. The predicted molar refractivity (Wildman–Crippen MR) is 233 cm³/mol. The summed E-state index contributed by atoms with van der Waals surface area (Å²) in [7, 11) is 0. The molecule has 5 N–H and O–H groups in total. The van der Waals surface area contributed by atoms with Crippen LogP contribution in [0.25, 0.3) is 0 Å². The van der Waals surface area contributed by atoms with E-state index in [-0.39, 0.29) is 27.7 Å². The maximum Gasteiger partial charge on any atom is 0.264 e. The SMILES string of the molecule is C=C=C(C[C@@H]1N=C(c2ccc(CC)cc2)c2c(sc(C)c2C)C(C(C)=N)CC1=N)NCCCNc1cccc2c1C(=O)N(CC(=O)NC(=O)CCC)C2=O.CC.[HH].[HH].[HH]. The number of fused-ring (bicyclic) bond motifs is 2. The van der Waals surface area contributed by atoms with Gasteiger partial charge < -0.3 is 21.5 Å². The third kappa shape index (κ3) is 9.85. The van der Waals surface area contributed by atoms with Gasteiger partial charge in [-0.05, 0) is 63.3 Å². The van der Waals surface area contributed by atoms with Gasteiger partial charge in [0, 0.05) is 80.5 Å². The van der Waals surface area contributed by atoms with E-state index in [0.717, 1.165) is 44.3 Å². The van der Waals surface area contributed by atoms with Crippen LogP contribution < -0.4 is 16.0 Å². The molecule has 0 spiro atoms. The number of carbonyl (C=O) groups excluding carboxylic acids is 4. The van der Waals surface area contributed by atoms with Gasteiger partial charge >= 0.3 is 0 Å². The highest BCUT2D eigenvalue weighted by Crippen LogP contribution is 2.40. The van der Waals surface area contributed by atoms with Crippen molar-refractivity contribution in [1.29, 1.82) is 10.8 Å². The summed E-state index contributed by atoms with van der Waals surface area (Å²) in [5.74, 6) is -2.53. The van der Waals surface area contributed by atoms with Gasteiger partial charge in [0.25, 0.3) is 11.8 Å². The van der Waals surface area contributed by atoms with Crippen LogP contribution in [0.5, 0.6) is 0 Å². The second kappa shape index (κ2) is 19.9. The van der Waals surface area contributed by atoms with Gasteiger partial charge in [-0.25, -0.2) is 0 Å². The Kier molecular flexibility index (Phi) is 15.4. The van der Waals surface area contributed by atoms with E-state index in [0.29, 0.717) is 55.9 Å². The zero-order valence-electron chi connectivity index (χ0n) is 33.7. The summed E-state index contributed by atoms with van der Waals surface area (Å²) in [5.41, 5.74) is 10.9. The first kappa shape index (κ1) is 43.3. The van der Waals surface area contributed by atoms with E-state index in [4.69, 9.17) is 10.4 Å². The monoisotopic (exact) mass is 783 g/mol. The number of hydrogen-bond acceptors (Lipinski definition) is 10. The fourth-order valence-electron chi connectivity index (χ4n) is 6.78. The Morgan fingerprint density at radius 2 is 1.75 bits per heavy atom. The number of anilines is 1. The standard InChI is InChI=1S/C42H49N7O4S.C2H6.3H2/c1-7-12-35(50)48-36(51)23-49-41(52)30-13-10-14-33(38(30)42(49)53)46-20-11-19-45-29(9-3)21-34-32(44)22-31(25(5)43)40-37(24(4)26(6)54-40)39(47-34)28-17-15-27(8-2)16-18-28;1-2;;;/h10,13-18,31,34,43-46H,3,7-8,11-12,19-23H2,1-2,4-6H3,(H,48,50,51);1-2H3;3*1H/t31?,34-;;;;/m0..../s1. The lowest BCUT2D eigenvalue weighted by Gasteiger charge is -2.26. The molecule has 0 saturated heterocycles. The van der Waals surface area contributed by atoms with Crippen LogP contribution >= 0.6 is 11.3 Å². The summed E-state index contributed by atoms with van der Waals surface area (Å²) in [6.07, 6.45) is 3.11. The van der Waals surface area contributed by atoms with Crippen LogP contribution in [0.1, 0.15) is 130 Å². The van der Waals surface area contributed by atoms with Crippen LogP contribution in [-0.4, -0.2) is 71.3 Å². The fourth-order valence-corrected chi connectivity index (χ4v) is 8.12. The zero-order chi connectivity index (χ0) is 41.1. The van der Waals surface area contributed by atoms with Crippen LogP contribution in [0.4, 0.5) is 5.69 Å². The second-order valence-corrected chi connectivity index (χ2v) is 15.0. The first-order chi connectivity index (χ1) is 26.9. The van der Waals surface area contributed by atoms with Crippen molar-refractivity contribution < 1.29 is 23.5 Å². The molecule has 0 aliphatic carbocycles. The lowest BCUT2D eigenvalue weighted by atomic mass is 9.85.